The number of rotatable bonds is 5. The first-order valence-electron chi connectivity index (χ1n) is 5.42. The molecule has 0 aliphatic heterocycles. The fraction of sp³-hybridized carbons (Fsp3) is 0.0833. The first-order chi connectivity index (χ1) is 9.42. The molecule has 106 valence electrons. The Bertz CT molecular complexity index is 719. The van der Waals surface area contributed by atoms with Gasteiger partial charge in [-0.25, -0.2) is 4.79 Å². The summed E-state index contributed by atoms with van der Waals surface area (Å²) in [6, 6.07) is 8.96. The highest BCUT2D eigenvalue weighted by molar-refractivity contribution is 7.98. The van der Waals surface area contributed by atoms with Gasteiger partial charge < -0.3 is 9.52 Å². The number of anilines is 1. The van der Waals surface area contributed by atoms with Crippen molar-refractivity contribution in [2.45, 2.75) is 9.99 Å². The zero-order valence-electron chi connectivity index (χ0n) is 10.4. The Balaban J connectivity index is 2.23. The van der Waals surface area contributed by atoms with Crippen molar-refractivity contribution in [3.05, 3.63) is 42.2 Å². The van der Waals surface area contributed by atoms with Crippen molar-refractivity contribution in [3.8, 4) is 0 Å². The summed E-state index contributed by atoms with van der Waals surface area (Å²) in [5, 5.41) is 8.26. The first-order valence-corrected chi connectivity index (χ1v) is 8.13. The summed E-state index contributed by atoms with van der Waals surface area (Å²) in [5.74, 6) is -1.75. The maximum atomic E-state index is 12.0. The SMILES string of the molecule is CSc1ccc(NS(=O)(=O)c2ccc(C(=O)O)o2)cc1. The highest BCUT2D eigenvalue weighted by atomic mass is 32.2. The number of nitrogens with one attached hydrogen (secondary N) is 1. The summed E-state index contributed by atoms with van der Waals surface area (Å²) in [4.78, 5) is 11.7. The third kappa shape index (κ3) is 3.14. The van der Waals surface area contributed by atoms with Crippen LogP contribution < -0.4 is 4.72 Å². The van der Waals surface area contributed by atoms with E-state index in [1.807, 2.05) is 6.26 Å². The highest BCUT2D eigenvalue weighted by Gasteiger charge is 2.21. The molecule has 2 rings (SSSR count). The molecule has 0 spiro atoms. The molecule has 0 bridgehead atoms. The maximum absolute atomic E-state index is 12.0. The molecule has 2 aromatic rings. The lowest BCUT2D eigenvalue weighted by Crippen LogP contribution is -2.12. The molecule has 0 atom stereocenters. The Morgan fingerprint density at radius 3 is 2.35 bits per heavy atom. The molecule has 6 nitrogen and oxygen atoms in total. The van der Waals surface area contributed by atoms with Crippen LogP contribution in [0.1, 0.15) is 10.6 Å². The standard InChI is InChI=1S/C12H11NO5S2/c1-19-9-4-2-8(3-5-9)13-20(16,17)11-7-6-10(18-11)12(14)15/h2-7,13H,1H3,(H,14,15). The van der Waals surface area contributed by atoms with Crippen molar-refractivity contribution in [2.75, 3.05) is 11.0 Å². The Morgan fingerprint density at radius 2 is 1.85 bits per heavy atom. The van der Waals surface area contributed by atoms with Gasteiger partial charge in [0.2, 0.25) is 10.9 Å². The van der Waals surface area contributed by atoms with Gasteiger partial charge in [0.1, 0.15) is 0 Å². The average Bonchev–Trinajstić information content (AvgIpc) is 2.90. The van der Waals surface area contributed by atoms with Crippen molar-refractivity contribution >= 4 is 33.4 Å². The fourth-order valence-corrected chi connectivity index (χ4v) is 2.85. The molecule has 1 aromatic carbocycles. The minimum Gasteiger partial charge on any atom is -0.475 e. The molecule has 0 radical (unpaired) electrons. The van der Waals surface area contributed by atoms with E-state index in [1.54, 1.807) is 24.3 Å². The number of carboxylic acids is 1. The van der Waals surface area contributed by atoms with Gasteiger partial charge in [-0.1, -0.05) is 0 Å². The van der Waals surface area contributed by atoms with E-state index in [2.05, 4.69) is 4.72 Å². The second-order valence-corrected chi connectivity index (χ2v) is 6.25. The summed E-state index contributed by atoms with van der Waals surface area (Å²) in [6.45, 7) is 0. The van der Waals surface area contributed by atoms with Gasteiger partial charge in [0.05, 0.1) is 0 Å². The van der Waals surface area contributed by atoms with Gasteiger partial charge in [0, 0.05) is 10.6 Å². The molecule has 0 aliphatic rings. The molecule has 0 saturated carbocycles. The largest absolute Gasteiger partial charge is 0.475 e. The summed E-state index contributed by atoms with van der Waals surface area (Å²) < 4.78 is 31.1. The van der Waals surface area contributed by atoms with Crippen LogP contribution >= 0.6 is 11.8 Å². The molecule has 1 heterocycles. The van der Waals surface area contributed by atoms with E-state index in [0.29, 0.717) is 5.69 Å². The zero-order valence-corrected chi connectivity index (χ0v) is 12.0. The van der Waals surface area contributed by atoms with Crippen LogP contribution in [0.4, 0.5) is 5.69 Å². The summed E-state index contributed by atoms with van der Waals surface area (Å²) in [6.07, 6.45) is 1.91. The van der Waals surface area contributed by atoms with Crippen LogP contribution in [0, 0.1) is 0 Å². The smallest absolute Gasteiger partial charge is 0.371 e. The van der Waals surface area contributed by atoms with E-state index < -0.39 is 26.8 Å². The summed E-state index contributed by atoms with van der Waals surface area (Å²) in [5.41, 5.74) is 0.371. The number of carboxylic acid groups (broad SMARTS) is 1. The number of sulfonamides is 1. The number of furan rings is 1. The van der Waals surface area contributed by atoms with Crippen molar-refractivity contribution in [3.63, 3.8) is 0 Å². The van der Waals surface area contributed by atoms with E-state index in [1.165, 1.54) is 11.8 Å². The van der Waals surface area contributed by atoms with Gasteiger partial charge in [-0.2, -0.15) is 8.42 Å². The van der Waals surface area contributed by atoms with Gasteiger partial charge in [0.25, 0.3) is 10.0 Å². The molecular weight excluding hydrogens is 302 g/mol. The second-order valence-electron chi connectivity index (χ2n) is 3.76. The number of hydrogen-bond donors (Lipinski definition) is 2. The zero-order chi connectivity index (χ0) is 14.8. The van der Waals surface area contributed by atoms with Gasteiger partial charge in [-0.05, 0) is 42.7 Å². The molecule has 8 heteroatoms. The number of aromatic carboxylic acids is 1. The molecule has 20 heavy (non-hydrogen) atoms. The van der Waals surface area contributed by atoms with Crippen LogP contribution in [0.3, 0.4) is 0 Å². The lowest BCUT2D eigenvalue weighted by molar-refractivity contribution is 0.0656. The molecule has 1 aromatic heterocycles. The number of benzene rings is 1. The average molecular weight is 313 g/mol. The predicted molar refractivity (Wildman–Crippen MR) is 74.7 cm³/mol. The summed E-state index contributed by atoms with van der Waals surface area (Å²) in [7, 11) is -3.93. The van der Waals surface area contributed by atoms with Gasteiger partial charge >= 0.3 is 5.97 Å². The van der Waals surface area contributed by atoms with Crippen molar-refractivity contribution < 1.29 is 22.7 Å². The van der Waals surface area contributed by atoms with Crippen LogP contribution in [-0.4, -0.2) is 25.7 Å². The third-order valence-electron chi connectivity index (χ3n) is 2.40. The fourth-order valence-electron chi connectivity index (χ4n) is 1.44. The van der Waals surface area contributed by atoms with Crippen LogP contribution in [0.25, 0.3) is 0 Å². The molecule has 0 aliphatic carbocycles. The number of hydrogen-bond acceptors (Lipinski definition) is 5. The molecule has 0 amide bonds. The molecule has 0 fully saturated rings. The minimum atomic E-state index is -3.93. The lowest BCUT2D eigenvalue weighted by Gasteiger charge is -2.06. The predicted octanol–water partition coefficient (Wildman–Crippen LogP) is 2.50. The Hall–Kier alpha value is -1.93. The topological polar surface area (TPSA) is 96.6 Å². The van der Waals surface area contributed by atoms with Crippen LogP contribution in [0.2, 0.25) is 0 Å². The Morgan fingerprint density at radius 1 is 1.20 bits per heavy atom. The monoisotopic (exact) mass is 313 g/mol. The van der Waals surface area contributed by atoms with Crippen LogP contribution in [0.15, 0.2) is 50.8 Å². The number of carbonyl (C=O) groups is 1. The lowest BCUT2D eigenvalue weighted by atomic mass is 10.3. The minimum absolute atomic E-state index is 0.371. The van der Waals surface area contributed by atoms with E-state index >= 15 is 0 Å². The van der Waals surface area contributed by atoms with Crippen LogP contribution in [-0.2, 0) is 10.0 Å². The quantitative estimate of drug-likeness (QED) is 0.823. The number of thioether (sulfide) groups is 1. The maximum Gasteiger partial charge on any atom is 0.371 e. The van der Waals surface area contributed by atoms with Gasteiger partial charge in [-0.15, -0.1) is 11.8 Å². The van der Waals surface area contributed by atoms with Crippen molar-refractivity contribution in [2.24, 2.45) is 0 Å². The van der Waals surface area contributed by atoms with Crippen molar-refractivity contribution in [1.82, 2.24) is 0 Å². The van der Waals surface area contributed by atoms with E-state index in [0.717, 1.165) is 17.0 Å². The molecule has 0 unspecified atom stereocenters. The third-order valence-corrected chi connectivity index (χ3v) is 4.40. The van der Waals surface area contributed by atoms with Gasteiger partial charge in [0.15, 0.2) is 0 Å². The summed E-state index contributed by atoms with van der Waals surface area (Å²) >= 11 is 1.54. The van der Waals surface area contributed by atoms with E-state index in [4.69, 9.17) is 9.52 Å². The second kappa shape index (κ2) is 5.59. The first kappa shape index (κ1) is 14.5. The molecule has 0 saturated heterocycles. The van der Waals surface area contributed by atoms with Crippen LogP contribution in [0.5, 0.6) is 0 Å². The van der Waals surface area contributed by atoms with E-state index in [9.17, 15) is 13.2 Å². The molecule has 2 N–H and O–H groups in total. The normalized spacial score (nSPS) is 11.2. The van der Waals surface area contributed by atoms with Crippen molar-refractivity contribution in [1.29, 1.82) is 0 Å². The Kier molecular flexibility index (Phi) is 4.05. The molecular formula is C12H11NO5S2. The Labute approximate surface area is 119 Å². The van der Waals surface area contributed by atoms with Gasteiger partial charge in [-0.3, -0.25) is 4.72 Å². The highest BCUT2D eigenvalue weighted by Crippen LogP contribution is 2.21. The van der Waals surface area contributed by atoms with E-state index in [-0.39, 0.29) is 0 Å².